The van der Waals surface area contributed by atoms with Crippen molar-refractivity contribution in [2.24, 2.45) is 5.92 Å². The van der Waals surface area contributed by atoms with Gasteiger partial charge in [0.15, 0.2) is 12.2 Å². The quantitative estimate of drug-likeness (QED) is 0.0169. The molecule has 0 fully saturated rings. The van der Waals surface area contributed by atoms with Gasteiger partial charge in [0.2, 0.25) is 0 Å². The van der Waals surface area contributed by atoms with E-state index in [0.29, 0.717) is 25.7 Å². The van der Waals surface area contributed by atoms with E-state index in [1.54, 1.807) is 0 Å². The van der Waals surface area contributed by atoms with E-state index in [-0.39, 0.29) is 25.7 Å². The molecule has 0 rings (SSSR count). The Balaban J connectivity index is 5.26. The van der Waals surface area contributed by atoms with E-state index in [1.165, 1.54) is 193 Å². The van der Waals surface area contributed by atoms with Crippen molar-refractivity contribution in [3.05, 3.63) is 24.3 Å². The molecule has 0 aliphatic carbocycles. The fraction of sp³-hybridized carbons (Fsp3) is 0.896. The van der Waals surface area contributed by atoms with Crippen molar-refractivity contribution in [3.8, 4) is 0 Å². The minimum absolute atomic E-state index is 0.0853. The zero-order valence-corrected chi connectivity index (χ0v) is 63.8. The molecule has 566 valence electrons. The fourth-order valence-electron chi connectivity index (χ4n) is 11.3. The van der Waals surface area contributed by atoms with Crippen molar-refractivity contribution in [1.82, 2.24) is 0 Å². The Hall–Kier alpha value is -2.46. The van der Waals surface area contributed by atoms with E-state index in [9.17, 15) is 43.2 Å². The highest BCUT2D eigenvalue weighted by molar-refractivity contribution is 7.47. The number of aliphatic hydroxyl groups excluding tert-OH is 1. The molecule has 0 radical (unpaired) electrons. The molecule has 0 bridgehead atoms. The Bertz CT molecular complexity index is 1930. The van der Waals surface area contributed by atoms with Gasteiger partial charge in [-0.25, -0.2) is 9.13 Å². The second-order valence-electron chi connectivity index (χ2n) is 27.5. The monoisotopic (exact) mass is 1410 g/mol. The molecule has 19 heteroatoms. The van der Waals surface area contributed by atoms with Crippen molar-refractivity contribution >= 4 is 39.5 Å². The number of allylic oxidation sites excluding steroid dienone is 4. The zero-order chi connectivity index (χ0) is 70.5. The van der Waals surface area contributed by atoms with E-state index in [1.807, 2.05) is 0 Å². The normalized spacial score (nSPS) is 14.1. The third-order valence-corrected chi connectivity index (χ3v) is 19.3. The molecule has 0 aliphatic heterocycles. The molecule has 17 nitrogen and oxygen atoms in total. The van der Waals surface area contributed by atoms with Crippen molar-refractivity contribution in [2.75, 3.05) is 39.6 Å². The molecule has 96 heavy (non-hydrogen) atoms. The van der Waals surface area contributed by atoms with Gasteiger partial charge in [-0.15, -0.1) is 0 Å². The number of hydrogen-bond donors (Lipinski definition) is 3. The summed E-state index contributed by atoms with van der Waals surface area (Å²) >= 11 is 0. The largest absolute Gasteiger partial charge is 0.472 e. The topological polar surface area (TPSA) is 237 Å². The summed E-state index contributed by atoms with van der Waals surface area (Å²) < 4.78 is 68.5. The van der Waals surface area contributed by atoms with Crippen LogP contribution in [0, 0.1) is 5.92 Å². The average molecular weight is 1410 g/mol. The first kappa shape index (κ1) is 93.5. The molecule has 0 aromatic carbocycles. The first-order valence-corrected chi connectivity index (χ1v) is 42.4. The maximum absolute atomic E-state index is 13.1. The van der Waals surface area contributed by atoms with Crippen LogP contribution in [-0.4, -0.2) is 96.7 Å². The van der Waals surface area contributed by atoms with Crippen molar-refractivity contribution in [3.63, 3.8) is 0 Å². The summed E-state index contributed by atoms with van der Waals surface area (Å²) in [5.74, 6) is -1.36. The molecule has 0 spiro atoms. The molecular weight excluding hydrogens is 1260 g/mol. The Kier molecular flexibility index (Phi) is 67.8. The van der Waals surface area contributed by atoms with Crippen molar-refractivity contribution in [2.45, 2.75) is 400 Å². The van der Waals surface area contributed by atoms with Gasteiger partial charge in [0.1, 0.15) is 19.3 Å². The van der Waals surface area contributed by atoms with E-state index in [4.69, 9.17) is 37.0 Å². The molecule has 0 saturated heterocycles. The van der Waals surface area contributed by atoms with Gasteiger partial charge >= 0.3 is 39.5 Å². The zero-order valence-electron chi connectivity index (χ0n) is 62.0. The lowest BCUT2D eigenvalue weighted by Crippen LogP contribution is -2.30. The van der Waals surface area contributed by atoms with Crippen molar-refractivity contribution < 1.29 is 80.2 Å². The van der Waals surface area contributed by atoms with Crippen LogP contribution < -0.4 is 0 Å². The minimum Gasteiger partial charge on any atom is -0.462 e. The van der Waals surface area contributed by atoms with Crippen LogP contribution in [-0.2, 0) is 65.4 Å². The number of unbranched alkanes of at least 4 members (excludes halogenated alkanes) is 44. The van der Waals surface area contributed by atoms with Gasteiger partial charge in [-0.3, -0.25) is 37.3 Å². The number of carbonyl (C=O) groups excluding carboxylic acids is 4. The van der Waals surface area contributed by atoms with Gasteiger partial charge in [0, 0.05) is 25.7 Å². The van der Waals surface area contributed by atoms with Gasteiger partial charge in [0.05, 0.1) is 26.4 Å². The van der Waals surface area contributed by atoms with Gasteiger partial charge in [0.25, 0.3) is 0 Å². The van der Waals surface area contributed by atoms with Crippen LogP contribution in [0.4, 0.5) is 0 Å². The van der Waals surface area contributed by atoms with Crippen LogP contribution in [0.2, 0.25) is 0 Å². The summed E-state index contributed by atoms with van der Waals surface area (Å²) in [5, 5.41) is 10.6. The van der Waals surface area contributed by atoms with Crippen LogP contribution in [0.3, 0.4) is 0 Å². The third-order valence-electron chi connectivity index (χ3n) is 17.4. The number of ether oxygens (including phenoxy) is 4. The first-order valence-electron chi connectivity index (χ1n) is 39.5. The molecule has 5 atom stereocenters. The Morgan fingerprint density at radius 1 is 0.323 bits per heavy atom. The molecule has 0 heterocycles. The van der Waals surface area contributed by atoms with Crippen LogP contribution >= 0.6 is 15.6 Å². The molecule has 0 aliphatic rings. The van der Waals surface area contributed by atoms with Crippen LogP contribution in [0.1, 0.15) is 381 Å². The Morgan fingerprint density at radius 3 is 0.854 bits per heavy atom. The third kappa shape index (κ3) is 70.0. The van der Waals surface area contributed by atoms with Gasteiger partial charge < -0.3 is 33.8 Å². The highest BCUT2D eigenvalue weighted by Crippen LogP contribution is 2.45. The molecule has 0 saturated carbocycles. The first-order chi connectivity index (χ1) is 46.5. The van der Waals surface area contributed by atoms with Crippen LogP contribution in [0.25, 0.3) is 0 Å². The van der Waals surface area contributed by atoms with E-state index < -0.39 is 97.5 Å². The minimum atomic E-state index is -4.96. The molecule has 3 N–H and O–H groups in total. The summed E-state index contributed by atoms with van der Waals surface area (Å²) in [6.07, 6.45) is 61.8. The fourth-order valence-corrected chi connectivity index (χ4v) is 12.9. The molecular formula is C77H146O17P2. The predicted molar refractivity (Wildman–Crippen MR) is 391 cm³/mol. The molecule has 0 aromatic rings. The maximum Gasteiger partial charge on any atom is 0.472 e. The highest BCUT2D eigenvalue weighted by Gasteiger charge is 2.30. The number of esters is 4. The summed E-state index contributed by atoms with van der Waals surface area (Å²) in [5.41, 5.74) is 0. The Morgan fingerprint density at radius 2 is 0.562 bits per heavy atom. The average Bonchev–Trinajstić information content (AvgIpc) is 3.63. The lowest BCUT2D eigenvalue weighted by atomic mass is 10.0. The number of rotatable bonds is 75. The standard InChI is InChI=1S/C77H146O17P2/c1-6-9-12-15-18-21-23-25-27-29-32-36-41-46-51-56-61-75(80)88-67-73(94-77(82)63-58-53-48-43-38-34-30-31-35-40-44-49-54-59-70(4)5)69-92-96(85,86)90-65-71(78)64-89-95(83,84)91-68-72(66-87-74(79)60-55-50-45-39-20-17-14-11-8-3)93-76(81)62-57-52-47-42-37-33-28-26-24-22-19-16-13-10-7-2/h22,24,26,28,70-73,78H,6-21,23,25,27,29-69H2,1-5H3,(H,83,84)(H,85,86)/b24-22-,28-26-/t71-,72+,73+/m0/s1. The number of hydrogen-bond acceptors (Lipinski definition) is 15. The number of phosphoric ester groups is 2. The number of carbonyl (C=O) groups is 4. The smallest absolute Gasteiger partial charge is 0.462 e. The summed E-state index contributed by atoms with van der Waals surface area (Å²) in [6, 6.07) is 0. The van der Waals surface area contributed by atoms with E-state index in [0.717, 1.165) is 109 Å². The summed E-state index contributed by atoms with van der Waals surface area (Å²) in [6.45, 7) is 7.24. The lowest BCUT2D eigenvalue weighted by molar-refractivity contribution is -0.161. The molecule has 0 amide bonds. The van der Waals surface area contributed by atoms with Crippen LogP contribution in [0.15, 0.2) is 24.3 Å². The summed E-state index contributed by atoms with van der Waals surface area (Å²) in [4.78, 5) is 72.8. The maximum atomic E-state index is 13.1. The van der Waals surface area contributed by atoms with E-state index >= 15 is 0 Å². The second kappa shape index (κ2) is 69.6. The Labute approximate surface area is 586 Å². The number of phosphoric acid groups is 2. The highest BCUT2D eigenvalue weighted by atomic mass is 31.2. The SMILES string of the molecule is CCCCCC/C=C\C=C/CCCCCCCC(=O)O[C@H](COC(=O)CCCCCCCCCCC)COP(=O)(O)OC[C@H](O)COP(=O)(O)OC[C@@H](COC(=O)CCCCCCCCCCCCCCCCCC)OC(=O)CCCCCCCCCCCCCCCC(C)C. The number of aliphatic hydroxyl groups is 1. The lowest BCUT2D eigenvalue weighted by Gasteiger charge is -2.21. The van der Waals surface area contributed by atoms with Gasteiger partial charge in [-0.1, -0.05) is 329 Å². The van der Waals surface area contributed by atoms with E-state index in [2.05, 4.69) is 58.9 Å². The summed E-state index contributed by atoms with van der Waals surface area (Å²) in [7, 11) is -9.92. The molecule has 2 unspecified atom stereocenters. The van der Waals surface area contributed by atoms with Gasteiger partial charge in [-0.05, 0) is 57.3 Å². The van der Waals surface area contributed by atoms with Crippen molar-refractivity contribution in [1.29, 1.82) is 0 Å². The predicted octanol–water partition coefficient (Wildman–Crippen LogP) is 22.4. The van der Waals surface area contributed by atoms with Gasteiger partial charge in [-0.2, -0.15) is 0 Å². The van der Waals surface area contributed by atoms with Crippen LogP contribution in [0.5, 0.6) is 0 Å². The second-order valence-corrected chi connectivity index (χ2v) is 30.4. The molecule has 0 aromatic heterocycles.